The summed E-state index contributed by atoms with van der Waals surface area (Å²) in [5, 5.41) is 0. The van der Waals surface area contributed by atoms with Crippen molar-refractivity contribution in [3.63, 3.8) is 0 Å². The number of benzene rings is 1. The van der Waals surface area contributed by atoms with E-state index in [1.165, 1.54) is 4.31 Å². The molecule has 0 bridgehead atoms. The van der Waals surface area contributed by atoms with Gasteiger partial charge in [-0.3, -0.25) is 0 Å². The van der Waals surface area contributed by atoms with Crippen molar-refractivity contribution in [2.24, 2.45) is 0 Å². The Morgan fingerprint density at radius 1 is 1.37 bits per heavy atom. The number of anilines is 1. The summed E-state index contributed by atoms with van der Waals surface area (Å²) in [6.07, 6.45) is 1.85. The highest BCUT2D eigenvalue weighted by atomic mass is 32.2. The molecule has 0 saturated carbocycles. The monoisotopic (exact) mass is 285 g/mol. The van der Waals surface area contributed by atoms with Crippen LogP contribution in [0.2, 0.25) is 0 Å². The molecule has 106 valence electrons. The second-order valence-corrected chi connectivity index (χ2v) is 6.26. The highest BCUT2D eigenvalue weighted by Gasteiger charge is 2.24. The van der Waals surface area contributed by atoms with Gasteiger partial charge in [0.15, 0.2) is 0 Å². The molecule has 1 saturated heterocycles. The lowest BCUT2D eigenvalue weighted by Crippen LogP contribution is -2.38. The van der Waals surface area contributed by atoms with Gasteiger partial charge in [0.1, 0.15) is 5.75 Å². The van der Waals surface area contributed by atoms with E-state index in [0.29, 0.717) is 24.5 Å². The fourth-order valence-electron chi connectivity index (χ4n) is 2.09. The fraction of sp³-hybridized carbons (Fsp3) is 0.500. The van der Waals surface area contributed by atoms with E-state index >= 15 is 0 Å². The topological polar surface area (TPSA) is 84.7 Å². The van der Waals surface area contributed by atoms with E-state index in [1.54, 1.807) is 25.3 Å². The van der Waals surface area contributed by atoms with Crippen LogP contribution in [0.1, 0.15) is 18.4 Å². The lowest BCUT2D eigenvalue weighted by molar-refractivity contribution is 0.417. The molecular formula is C12H19N3O3S. The van der Waals surface area contributed by atoms with E-state index in [1.807, 2.05) is 0 Å². The van der Waals surface area contributed by atoms with Gasteiger partial charge in [0.05, 0.1) is 12.8 Å². The third kappa shape index (κ3) is 3.37. The standard InChI is InChI=1S/C12H19N3O3S/c1-18-12-5-4-10(8-11(12)13)9-14-19(16,17)15-6-2-3-7-15/h4-5,8,14H,2-3,6-7,9,13H2,1H3. The summed E-state index contributed by atoms with van der Waals surface area (Å²) in [7, 11) is -1.83. The van der Waals surface area contributed by atoms with Crippen LogP contribution in [0.3, 0.4) is 0 Å². The zero-order valence-corrected chi connectivity index (χ0v) is 11.7. The normalized spacial score (nSPS) is 16.7. The van der Waals surface area contributed by atoms with Crippen LogP contribution in [0.15, 0.2) is 18.2 Å². The van der Waals surface area contributed by atoms with Crippen molar-refractivity contribution in [1.29, 1.82) is 0 Å². The van der Waals surface area contributed by atoms with Gasteiger partial charge in [-0.05, 0) is 30.5 Å². The zero-order chi connectivity index (χ0) is 13.9. The number of nitrogens with zero attached hydrogens (tertiary/aromatic N) is 1. The molecule has 0 radical (unpaired) electrons. The molecule has 0 unspecified atom stereocenters. The Kier molecular flexibility index (Phi) is 4.28. The van der Waals surface area contributed by atoms with Gasteiger partial charge in [-0.25, -0.2) is 0 Å². The molecule has 1 fully saturated rings. The Morgan fingerprint density at radius 3 is 2.63 bits per heavy atom. The number of nitrogen functional groups attached to an aromatic ring is 1. The highest BCUT2D eigenvalue weighted by Crippen LogP contribution is 2.22. The van der Waals surface area contributed by atoms with Gasteiger partial charge in [-0.2, -0.15) is 17.4 Å². The number of methoxy groups -OCH3 is 1. The van der Waals surface area contributed by atoms with Crippen molar-refractivity contribution in [3.05, 3.63) is 23.8 Å². The van der Waals surface area contributed by atoms with Gasteiger partial charge in [-0.15, -0.1) is 0 Å². The van der Waals surface area contributed by atoms with Crippen LogP contribution in [-0.2, 0) is 16.8 Å². The molecule has 1 aromatic carbocycles. The predicted octanol–water partition coefficient (Wildman–Crippen LogP) is 0.708. The Balaban J connectivity index is 2.00. The Morgan fingerprint density at radius 2 is 2.05 bits per heavy atom. The van der Waals surface area contributed by atoms with Gasteiger partial charge in [-0.1, -0.05) is 6.07 Å². The summed E-state index contributed by atoms with van der Waals surface area (Å²) in [5.74, 6) is 0.589. The van der Waals surface area contributed by atoms with Crippen LogP contribution in [0.25, 0.3) is 0 Å². The molecule has 19 heavy (non-hydrogen) atoms. The number of hydrogen-bond donors (Lipinski definition) is 2. The number of nitrogens with two attached hydrogens (primary N) is 1. The van der Waals surface area contributed by atoms with Crippen molar-refractivity contribution >= 4 is 15.9 Å². The lowest BCUT2D eigenvalue weighted by Gasteiger charge is -2.16. The van der Waals surface area contributed by atoms with E-state index in [2.05, 4.69) is 4.72 Å². The summed E-state index contributed by atoms with van der Waals surface area (Å²) in [5.41, 5.74) is 7.09. The van der Waals surface area contributed by atoms with Crippen molar-refractivity contribution in [2.75, 3.05) is 25.9 Å². The third-order valence-electron chi connectivity index (χ3n) is 3.16. The van der Waals surface area contributed by atoms with Crippen LogP contribution in [0, 0.1) is 0 Å². The minimum absolute atomic E-state index is 0.229. The third-order valence-corrected chi connectivity index (χ3v) is 4.71. The van der Waals surface area contributed by atoms with Crippen LogP contribution < -0.4 is 15.2 Å². The number of ether oxygens (including phenoxy) is 1. The first-order chi connectivity index (χ1) is 9.03. The smallest absolute Gasteiger partial charge is 0.279 e. The molecule has 7 heteroatoms. The summed E-state index contributed by atoms with van der Waals surface area (Å²) < 4.78 is 33.1. The maximum absolute atomic E-state index is 12.0. The first kappa shape index (κ1) is 14.1. The van der Waals surface area contributed by atoms with Gasteiger partial charge >= 0.3 is 0 Å². The molecule has 1 heterocycles. The molecule has 1 aliphatic rings. The van der Waals surface area contributed by atoms with Crippen LogP contribution in [-0.4, -0.2) is 32.9 Å². The van der Waals surface area contributed by atoms with Crippen molar-refractivity contribution in [2.45, 2.75) is 19.4 Å². The summed E-state index contributed by atoms with van der Waals surface area (Å²) in [6.45, 7) is 1.42. The van der Waals surface area contributed by atoms with E-state index in [4.69, 9.17) is 10.5 Å². The second-order valence-electron chi connectivity index (χ2n) is 4.51. The molecule has 3 N–H and O–H groups in total. The van der Waals surface area contributed by atoms with Gasteiger partial charge < -0.3 is 10.5 Å². The van der Waals surface area contributed by atoms with Crippen molar-refractivity contribution < 1.29 is 13.2 Å². The first-order valence-corrected chi connectivity index (χ1v) is 7.64. The molecule has 2 rings (SSSR count). The molecule has 0 aliphatic carbocycles. The van der Waals surface area contributed by atoms with E-state index in [9.17, 15) is 8.42 Å². The molecule has 1 aromatic rings. The largest absolute Gasteiger partial charge is 0.495 e. The van der Waals surface area contributed by atoms with Crippen molar-refractivity contribution in [3.8, 4) is 5.75 Å². The molecule has 0 aromatic heterocycles. The minimum atomic E-state index is -3.38. The van der Waals surface area contributed by atoms with Crippen LogP contribution >= 0.6 is 0 Å². The molecular weight excluding hydrogens is 266 g/mol. The number of rotatable bonds is 5. The van der Waals surface area contributed by atoms with Gasteiger partial charge in [0, 0.05) is 19.6 Å². The summed E-state index contributed by atoms with van der Waals surface area (Å²) in [6, 6.07) is 5.24. The maximum Gasteiger partial charge on any atom is 0.279 e. The van der Waals surface area contributed by atoms with E-state index < -0.39 is 10.2 Å². The number of nitrogens with one attached hydrogen (secondary N) is 1. The predicted molar refractivity (Wildman–Crippen MR) is 74.0 cm³/mol. The zero-order valence-electron chi connectivity index (χ0n) is 10.9. The highest BCUT2D eigenvalue weighted by molar-refractivity contribution is 7.87. The van der Waals surface area contributed by atoms with Gasteiger partial charge in [0.25, 0.3) is 10.2 Å². The molecule has 6 nitrogen and oxygen atoms in total. The van der Waals surface area contributed by atoms with Crippen molar-refractivity contribution in [1.82, 2.24) is 9.03 Å². The Labute approximate surface area is 113 Å². The first-order valence-electron chi connectivity index (χ1n) is 6.20. The molecule has 1 aliphatic heterocycles. The SMILES string of the molecule is COc1ccc(CNS(=O)(=O)N2CCCC2)cc1N. The molecule has 0 atom stereocenters. The fourth-order valence-corrected chi connectivity index (χ4v) is 3.36. The average Bonchev–Trinajstić information content (AvgIpc) is 2.91. The second kappa shape index (κ2) is 5.77. The summed E-state index contributed by atoms with van der Waals surface area (Å²) >= 11 is 0. The quantitative estimate of drug-likeness (QED) is 0.780. The van der Waals surface area contributed by atoms with Crippen LogP contribution in [0.4, 0.5) is 5.69 Å². The lowest BCUT2D eigenvalue weighted by atomic mass is 10.2. The Bertz CT molecular complexity index is 539. The average molecular weight is 285 g/mol. The van der Waals surface area contributed by atoms with E-state index in [-0.39, 0.29) is 6.54 Å². The van der Waals surface area contributed by atoms with Gasteiger partial charge in [0.2, 0.25) is 0 Å². The maximum atomic E-state index is 12.0. The molecule has 0 spiro atoms. The minimum Gasteiger partial charge on any atom is -0.495 e. The van der Waals surface area contributed by atoms with Crippen LogP contribution in [0.5, 0.6) is 5.75 Å². The summed E-state index contributed by atoms with van der Waals surface area (Å²) in [4.78, 5) is 0. The Hall–Kier alpha value is -1.31. The van der Waals surface area contributed by atoms with E-state index in [0.717, 1.165) is 18.4 Å². The number of hydrogen-bond acceptors (Lipinski definition) is 4. The molecule has 0 amide bonds.